The number of aromatic nitrogens is 8. The zero-order chi connectivity index (χ0) is 38.3. The normalized spacial score (nSPS) is 11.7. The van der Waals surface area contributed by atoms with Crippen LogP contribution in [0.15, 0.2) is 70.9 Å². The summed E-state index contributed by atoms with van der Waals surface area (Å²) in [4.78, 5) is 34.3. The number of hydrogen-bond acceptors (Lipinski definition) is 12. The van der Waals surface area contributed by atoms with Crippen LogP contribution in [0.25, 0.3) is 56.2 Å². The second-order valence-corrected chi connectivity index (χ2v) is 11.6. The highest BCUT2D eigenvalue weighted by atomic mass is 19.1. The number of carbonyl (C=O) groups is 2. The van der Waals surface area contributed by atoms with Gasteiger partial charge in [-0.2, -0.15) is 10.3 Å². The Hall–Kier alpha value is -7.64. The average molecular weight is 735 g/mol. The number of nitrogens with one attached hydrogen (secondary N) is 2. The molecule has 0 spiro atoms. The Balaban J connectivity index is 1.51. The second-order valence-electron chi connectivity index (χ2n) is 11.6. The number of halogens is 2. The Morgan fingerprint density at radius 3 is 1.81 bits per heavy atom. The van der Waals surface area contributed by atoms with Gasteiger partial charge in [-0.25, -0.2) is 24.3 Å². The van der Waals surface area contributed by atoms with Gasteiger partial charge in [0.05, 0.1) is 47.5 Å². The maximum absolute atomic E-state index is 16.1. The lowest BCUT2D eigenvalue weighted by Crippen LogP contribution is -2.14. The molecule has 7 rings (SSSR count). The smallest absolute Gasteiger partial charge is 0.252 e. The Morgan fingerprint density at radius 1 is 0.796 bits per heavy atom. The molecule has 3 heterocycles. The summed E-state index contributed by atoms with van der Waals surface area (Å²) in [6.45, 7) is -0.0240. The maximum Gasteiger partial charge on any atom is 0.252 e. The number of carbonyl (C=O) groups excluding carboxylic acids is 2. The molecule has 0 radical (unpaired) electrons. The summed E-state index contributed by atoms with van der Waals surface area (Å²) in [5, 5.41) is 21.0. The molecule has 0 unspecified atom stereocenters. The van der Waals surface area contributed by atoms with Crippen molar-refractivity contribution in [2.24, 2.45) is 27.5 Å². The number of nitrogens with two attached hydrogens (primary N) is 3. The van der Waals surface area contributed by atoms with Crippen LogP contribution in [0.4, 0.5) is 8.78 Å². The molecule has 0 atom stereocenters. The highest BCUT2D eigenvalue weighted by molar-refractivity contribution is 6.06. The van der Waals surface area contributed by atoms with Gasteiger partial charge >= 0.3 is 0 Å². The lowest BCUT2D eigenvalue weighted by atomic mass is 10.0. The van der Waals surface area contributed by atoms with Gasteiger partial charge in [0.15, 0.2) is 11.5 Å². The number of imidazole rings is 2. The fourth-order valence-corrected chi connectivity index (χ4v) is 6.48. The van der Waals surface area contributed by atoms with E-state index in [0.29, 0.717) is 11.0 Å². The summed E-state index contributed by atoms with van der Waals surface area (Å²) >= 11 is 0. The molecule has 0 aliphatic heterocycles. The van der Waals surface area contributed by atoms with Crippen LogP contribution < -0.4 is 26.8 Å². The van der Waals surface area contributed by atoms with Crippen LogP contribution in [-0.2, 0) is 13.1 Å². The third kappa shape index (κ3) is 5.57. The van der Waals surface area contributed by atoms with E-state index in [2.05, 4.69) is 30.8 Å². The first-order valence-electron chi connectivity index (χ1n) is 15.8. The molecule has 0 fully saturated rings. The Bertz CT molecular complexity index is 2670. The van der Waals surface area contributed by atoms with Gasteiger partial charge in [0.2, 0.25) is 11.7 Å². The molecule has 0 aliphatic carbocycles. The van der Waals surface area contributed by atoms with Crippen molar-refractivity contribution in [3.05, 3.63) is 89.0 Å². The summed E-state index contributed by atoms with van der Waals surface area (Å²) in [7, 11) is 2.68. The number of amidine groups is 1. The minimum atomic E-state index is -0.789. The van der Waals surface area contributed by atoms with Crippen molar-refractivity contribution in [3.63, 3.8) is 0 Å². The maximum atomic E-state index is 16.1. The van der Waals surface area contributed by atoms with E-state index < -0.39 is 23.4 Å². The highest BCUT2D eigenvalue weighted by Gasteiger charge is 2.28. The quantitative estimate of drug-likeness (QED) is 0.0422. The number of rotatable bonds is 11. The minimum Gasteiger partial charge on any atom is -0.494 e. The van der Waals surface area contributed by atoms with Crippen LogP contribution in [0.5, 0.6) is 11.5 Å². The first kappa shape index (κ1) is 34.8. The molecule has 272 valence electrons. The summed E-state index contributed by atoms with van der Waals surface area (Å²) in [6.07, 6.45) is 0. The molecule has 4 aromatic carbocycles. The van der Waals surface area contributed by atoms with Crippen LogP contribution in [-0.4, -0.2) is 71.6 Å². The molecule has 0 saturated heterocycles. The van der Waals surface area contributed by atoms with E-state index >= 15 is 8.78 Å². The largest absolute Gasteiger partial charge is 0.494 e. The fourth-order valence-electron chi connectivity index (χ4n) is 6.48. The highest BCUT2D eigenvalue weighted by Crippen LogP contribution is 2.39. The number of primary amides is 2. The molecule has 20 heteroatoms. The molecule has 0 saturated carbocycles. The Labute approximate surface area is 302 Å². The van der Waals surface area contributed by atoms with Crippen LogP contribution in [0.3, 0.4) is 0 Å². The number of hydrazone groups is 1. The second kappa shape index (κ2) is 13.8. The van der Waals surface area contributed by atoms with Gasteiger partial charge in [0.25, 0.3) is 11.8 Å². The molecule has 0 aliphatic rings. The van der Waals surface area contributed by atoms with Gasteiger partial charge in [0, 0.05) is 24.2 Å². The molecule has 54 heavy (non-hydrogen) atoms. The number of methoxy groups -OCH3 is 2. The first-order valence-corrected chi connectivity index (χ1v) is 15.8. The third-order valence-electron chi connectivity index (χ3n) is 8.76. The molecule has 18 nitrogen and oxygen atoms in total. The van der Waals surface area contributed by atoms with Crippen molar-refractivity contribution in [2.75, 3.05) is 14.2 Å². The van der Waals surface area contributed by atoms with E-state index in [4.69, 9.17) is 42.3 Å². The molecule has 7 aromatic rings. The number of nitrogens with zero attached hydrogens (tertiary/aromatic N) is 9. The first-order chi connectivity index (χ1) is 26.1. The third-order valence-corrected chi connectivity index (χ3v) is 8.76. The van der Waals surface area contributed by atoms with E-state index in [1.807, 2.05) is 0 Å². The van der Waals surface area contributed by atoms with Gasteiger partial charge < -0.3 is 35.9 Å². The average Bonchev–Trinajstić information content (AvgIpc) is 3.91. The van der Waals surface area contributed by atoms with Gasteiger partial charge in [-0.05, 0) is 41.6 Å². The van der Waals surface area contributed by atoms with E-state index in [1.165, 1.54) is 56.7 Å². The topological polar surface area (TPSA) is 269 Å². The van der Waals surface area contributed by atoms with Gasteiger partial charge in [-0.3, -0.25) is 9.59 Å². The summed E-state index contributed by atoms with van der Waals surface area (Å²) in [5.74, 6) is 2.52. The number of hydrogen-bond donors (Lipinski definition) is 5. The standard InChI is InChI=1S/C34H28F2N14O4/c1-53-27-17(29(37)51)9-11-21-25(27)41-33(23-15(31(43-39)44-40)5-3-7-19(23)35)49(21)13-14-50-22-12-10-18(30(38)52)28(54-2)26(22)42-34(50)24-16(6-4-8-20(24)36)32-45-47-48-46-32/h3-12,39H,13-14,40H2,1-2H3,(H2,37,51)(H2,38,52)(H,45,46,47,48)/b43-39?,44-31-. The van der Waals surface area contributed by atoms with Gasteiger partial charge in [-0.1, -0.05) is 24.3 Å². The number of ether oxygens (including phenoxy) is 2. The van der Waals surface area contributed by atoms with Crippen molar-refractivity contribution < 1.29 is 27.8 Å². The van der Waals surface area contributed by atoms with Crippen LogP contribution >= 0.6 is 0 Å². The van der Waals surface area contributed by atoms with Crippen molar-refractivity contribution in [2.45, 2.75) is 13.1 Å². The molecular formula is C34H28F2N14O4. The number of amides is 2. The molecule has 8 N–H and O–H groups in total. The van der Waals surface area contributed by atoms with E-state index in [1.54, 1.807) is 27.3 Å². The van der Waals surface area contributed by atoms with Crippen molar-refractivity contribution in [1.29, 1.82) is 5.53 Å². The Morgan fingerprint density at radius 2 is 1.33 bits per heavy atom. The zero-order valence-electron chi connectivity index (χ0n) is 28.3. The Kier molecular flexibility index (Phi) is 8.91. The number of tetrazole rings is 1. The van der Waals surface area contributed by atoms with Crippen LogP contribution in [0, 0.1) is 17.2 Å². The SMILES string of the molecule is COc1c(C(N)=O)ccc2c1nc(-c1c(F)cccc1/C(N=N)=N/N)n2CCn1c(-c2c(F)cccc2-c2nn[nH]n2)nc2c(OC)c(C(N)=O)ccc21. The van der Waals surface area contributed by atoms with E-state index in [0.717, 1.165) is 0 Å². The minimum absolute atomic E-state index is 0.00138. The molecule has 3 aromatic heterocycles. The molecule has 0 bridgehead atoms. The predicted molar refractivity (Wildman–Crippen MR) is 189 cm³/mol. The number of aromatic amines is 1. The van der Waals surface area contributed by atoms with Crippen molar-refractivity contribution in [3.8, 4) is 45.7 Å². The lowest BCUT2D eigenvalue weighted by molar-refractivity contribution is 0.0989. The van der Waals surface area contributed by atoms with Crippen LogP contribution in [0.1, 0.15) is 26.3 Å². The van der Waals surface area contributed by atoms with Crippen molar-refractivity contribution in [1.82, 2.24) is 39.7 Å². The fraction of sp³-hybridized carbons (Fsp3) is 0.118. The van der Waals surface area contributed by atoms with Crippen molar-refractivity contribution >= 4 is 39.7 Å². The van der Waals surface area contributed by atoms with Gasteiger partial charge in [0.1, 0.15) is 34.3 Å². The van der Waals surface area contributed by atoms with E-state index in [9.17, 15) is 9.59 Å². The monoisotopic (exact) mass is 734 g/mol. The lowest BCUT2D eigenvalue weighted by Gasteiger charge is -2.16. The number of benzene rings is 4. The number of H-pyrrole nitrogens is 1. The summed E-state index contributed by atoms with van der Waals surface area (Å²) in [5.41, 5.74) is 20.3. The van der Waals surface area contributed by atoms with E-state index in [-0.39, 0.29) is 92.3 Å². The zero-order valence-corrected chi connectivity index (χ0v) is 28.3. The van der Waals surface area contributed by atoms with Gasteiger partial charge in [-0.15, -0.1) is 15.3 Å². The summed E-state index contributed by atoms with van der Waals surface area (Å²) in [6, 6.07) is 14.5. The predicted octanol–water partition coefficient (Wildman–Crippen LogP) is 3.74. The molecule has 2 amide bonds. The summed E-state index contributed by atoms with van der Waals surface area (Å²) < 4.78 is 46.5. The number of fused-ring (bicyclic) bond motifs is 2. The number of aryl methyl sites for hydroxylation is 2. The molecular weight excluding hydrogens is 706 g/mol. The van der Waals surface area contributed by atoms with Crippen LogP contribution in [0.2, 0.25) is 0 Å².